The molecule has 0 aliphatic carbocycles. The van der Waals surface area contributed by atoms with Crippen LogP contribution < -0.4 is 5.32 Å². The Morgan fingerprint density at radius 2 is 2.12 bits per heavy atom. The van der Waals surface area contributed by atoms with Gasteiger partial charge in [-0.1, -0.05) is 11.6 Å². The van der Waals surface area contributed by atoms with Gasteiger partial charge in [-0.2, -0.15) is 0 Å². The van der Waals surface area contributed by atoms with E-state index in [-0.39, 0.29) is 0 Å². The number of amidine groups is 1. The van der Waals surface area contributed by atoms with Gasteiger partial charge in [0.15, 0.2) is 0 Å². The van der Waals surface area contributed by atoms with Gasteiger partial charge in [-0.25, -0.2) is 0 Å². The predicted molar refractivity (Wildman–Crippen MR) is 68.4 cm³/mol. The Bertz CT molecular complexity index is 372. The van der Waals surface area contributed by atoms with E-state index in [1.165, 1.54) is 0 Å². The van der Waals surface area contributed by atoms with Crippen LogP contribution in [-0.4, -0.2) is 44.0 Å². The minimum Gasteiger partial charge on any atom is -0.353 e. The molecule has 0 saturated heterocycles. The quantitative estimate of drug-likeness (QED) is 0.862. The van der Waals surface area contributed by atoms with Gasteiger partial charge in [0.1, 0.15) is 5.84 Å². The van der Waals surface area contributed by atoms with Crippen LogP contribution in [-0.2, 0) is 0 Å². The fraction of sp³-hybridized carbons (Fsp3) is 0.417. The number of benzene rings is 1. The second-order valence-electron chi connectivity index (χ2n) is 3.80. The first-order valence-electron chi connectivity index (χ1n) is 5.51. The van der Waals surface area contributed by atoms with Crippen molar-refractivity contribution >= 4 is 17.4 Å². The number of hydrogen-bond donors (Lipinski definition) is 1. The van der Waals surface area contributed by atoms with E-state index >= 15 is 0 Å². The third kappa shape index (κ3) is 2.54. The maximum atomic E-state index is 5.87. The maximum Gasteiger partial charge on any atom is 0.131 e. The summed E-state index contributed by atoms with van der Waals surface area (Å²) in [4.78, 5) is 6.85. The molecule has 0 amide bonds. The van der Waals surface area contributed by atoms with Crippen LogP contribution in [0.5, 0.6) is 0 Å². The lowest BCUT2D eigenvalue weighted by atomic mass is 10.2. The lowest BCUT2D eigenvalue weighted by Crippen LogP contribution is -2.34. The van der Waals surface area contributed by atoms with Crippen molar-refractivity contribution in [2.45, 2.75) is 0 Å². The SMILES string of the molecule is CNCCN1CCN=C1c1ccc(Cl)cc1. The van der Waals surface area contributed by atoms with Crippen molar-refractivity contribution in [2.75, 3.05) is 33.2 Å². The van der Waals surface area contributed by atoms with Crippen molar-refractivity contribution in [3.05, 3.63) is 34.9 Å². The summed E-state index contributed by atoms with van der Waals surface area (Å²) in [5.41, 5.74) is 1.15. The fourth-order valence-corrected chi connectivity index (χ4v) is 1.95. The minimum atomic E-state index is 0.768. The normalized spacial score (nSPS) is 15.4. The standard InChI is InChI=1S/C12H16ClN3/c1-14-6-8-16-9-7-15-12(16)10-2-4-11(13)5-3-10/h2-5,14H,6-9H2,1H3. The van der Waals surface area contributed by atoms with Crippen molar-refractivity contribution in [3.8, 4) is 0 Å². The molecule has 0 saturated carbocycles. The Hall–Kier alpha value is -1.06. The van der Waals surface area contributed by atoms with Gasteiger partial charge in [-0.3, -0.25) is 4.99 Å². The molecule has 0 atom stereocenters. The van der Waals surface area contributed by atoms with Crippen LogP contribution in [0, 0.1) is 0 Å². The summed E-state index contributed by atoms with van der Waals surface area (Å²) in [7, 11) is 1.97. The van der Waals surface area contributed by atoms with Crippen LogP contribution in [0.25, 0.3) is 0 Å². The highest BCUT2D eigenvalue weighted by atomic mass is 35.5. The summed E-state index contributed by atoms with van der Waals surface area (Å²) in [6, 6.07) is 7.87. The summed E-state index contributed by atoms with van der Waals surface area (Å²) in [5.74, 6) is 1.09. The second-order valence-corrected chi connectivity index (χ2v) is 4.24. The molecule has 3 nitrogen and oxygen atoms in total. The van der Waals surface area contributed by atoms with Gasteiger partial charge in [-0.05, 0) is 31.3 Å². The van der Waals surface area contributed by atoms with E-state index < -0.39 is 0 Å². The molecule has 0 spiro atoms. The molecule has 1 aromatic rings. The van der Waals surface area contributed by atoms with E-state index in [4.69, 9.17) is 11.6 Å². The maximum absolute atomic E-state index is 5.87. The van der Waals surface area contributed by atoms with E-state index in [0.29, 0.717) is 0 Å². The number of halogens is 1. The Kier molecular flexibility index (Phi) is 3.80. The van der Waals surface area contributed by atoms with E-state index in [1.807, 2.05) is 31.3 Å². The molecule has 1 N–H and O–H groups in total. The van der Waals surface area contributed by atoms with Crippen molar-refractivity contribution in [1.29, 1.82) is 0 Å². The Labute approximate surface area is 101 Å². The first-order valence-corrected chi connectivity index (χ1v) is 5.89. The average Bonchev–Trinajstić information content (AvgIpc) is 2.75. The van der Waals surface area contributed by atoms with Crippen LogP contribution in [0.3, 0.4) is 0 Å². The molecule has 1 aliphatic heterocycles. The highest BCUT2D eigenvalue weighted by Crippen LogP contribution is 2.14. The van der Waals surface area contributed by atoms with E-state index in [9.17, 15) is 0 Å². The molecule has 2 rings (SSSR count). The molecular formula is C12H16ClN3. The van der Waals surface area contributed by atoms with E-state index in [1.54, 1.807) is 0 Å². The van der Waals surface area contributed by atoms with Gasteiger partial charge in [0.25, 0.3) is 0 Å². The zero-order valence-corrected chi connectivity index (χ0v) is 10.2. The zero-order valence-electron chi connectivity index (χ0n) is 9.41. The first kappa shape index (κ1) is 11.4. The summed E-state index contributed by atoms with van der Waals surface area (Å²) in [5, 5.41) is 3.93. The largest absolute Gasteiger partial charge is 0.353 e. The predicted octanol–water partition coefficient (Wildman–Crippen LogP) is 1.62. The van der Waals surface area contributed by atoms with Crippen LogP contribution >= 0.6 is 11.6 Å². The van der Waals surface area contributed by atoms with Crippen LogP contribution in [0.4, 0.5) is 0 Å². The average molecular weight is 238 g/mol. The minimum absolute atomic E-state index is 0.768. The number of nitrogens with one attached hydrogen (secondary N) is 1. The summed E-state index contributed by atoms with van der Waals surface area (Å²) < 4.78 is 0. The molecule has 0 unspecified atom stereocenters. The number of nitrogens with zero attached hydrogens (tertiary/aromatic N) is 2. The van der Waals surface area contributed by atoms with E-state index in [2.05, 4.69) is 15.2 Å². The Balaban J connectivity index is 2.10. The van der Waals surface area contributed by atoms with Gasteiger partial charge in [0.2, 0.25) is 0 Å². The highest BCUT2D eigenvalue weighted by molar-refractivity contribution is 6.30. The Morgan fingerprint density at radius 1 is 1.38 bits per heavy atom. The van der Waals surface area contributed by atoms with Gasteiger partial charge in [0.05, 0.1) is 6.54 Å². The zero-order chi connectivity index (χ0) is 11.4. The molecule has 4 heteroatoms. The fourth-order valence-electron chi connectivity index (χ4n) is 1.82. The van der Waals surface area contributed by atoms with Crippen molar-refractivity contribution in [2.24, 2.45) is 4.99 Å². The Morgan fingerprint density at radius 3 is 2.81 bits per heavy atom. The van der Waals surface area contributed by atoms with Crippen LogP contribution in [0.1, 0.15) is 5.56 Å². The molecule has 86 valence electrons. The molecule has 1 heterocycles. The summed E-state index contributed by atoms with van der Waals surface area (Å²) in [6.07, 6.45) is 0. The second kappa shape index (κ2) is 5.32. The third-order valence-electron chi connectivity index (χ3n) is 2.67. The molecule has 0 fully saturated rings. The lowest BCUT2D eigenvalue weighted by molar-refractivity contribution is 0.453. The first-order chi connectivity index (χ1) is 7.81. The summed E-state index contributed by atoms with van der Waals surface area (Å²) >= 11 is 5.87. The number of aliphatic imine (C=N–C) groups is 1. The molecule has 1 aromatic carbocycles. The number of likely N-dealkylation sites (N-methyl/N-ethyl adjacent to an activating group) is 1. The van der Waals surface area contributed by atoms with E-state index in [0.717, 1.165) is 42.6 Å². The monoisotopic (exact) mass is 237 g/mol. The molecule has 0 bridgehead atoms. The highest BCUT2D eigenvalue weighted by Gasteiger charge is 2.17. The third-order valence-corrected chi connectivity index (χ3v) is 2.92. The molecular weight excluding hydrogens is 222 g/mol. The van der Waals surface area contributed by atoms with Crippen molar-refractivity contribution in [3.63, 3.8) is 0 Å². The van der Waals surface area contributed by atoms with Gasteiger partial charge in [0, 0.05) is 30.2 Å². The number of hydrogen-bond acceptors (Lipinski definition) is 3. The van der Waals surface area contributed by atoms with Crippen LogP contribution in [0.15, 0.2) is 29.3 Å². The van der Waals surface area contributed by atoms with Crippen molar-refractivity contribution in [1.82, 2.24) is 10.2 Å². The molecule has 0 radical (unpaired) electrons. The summed E-state index contributed by atoms with van der Waals surface area (Å²) in [6.45, 7) is 3.88. The number of rotatable bonds is 4. The topological polar surface area (TPSA) is 27.6 Å². The molecule has 16 heavy (non-hydrogen) atoms. The smallest absolute Gasteiger partial charge is 0.131 e. The van der Waals surface area contributed by atoms with Crippen molar-refractivity contribution < 1.29 is 0 Å². The molecule has 0 aromatic heterocycles. The van der Waals surface area contributed by atoms with Gasteiger partial charge < -0.3 is 10.2 Å². The van der Waals surface area contributed by atoms with Gasteiger partial charge in [-0.15, -0.1) is 0 Å². The van der Waals surface area contributed by atoms with Crippen LogP contribution in [0.2, 0.25) is 5.02 Å². The lowest BCUT2D eigenvalue weighted by Gasteiger charge is -2.20. The molecule has 1 aliphatic rings. The van der Waals surface area contributed by atoms with Gasteiger partial charge >= 0.3 is 0 Å².